The number of fused-ring (bicyclic) bond motifs is 2. The summed E-state index contributed by atoms with van der Waals surface area (Å²) in [6, 6.07) is 0. The Labute approximate surface area is 118 Å². The molecule has 6 heteroatoms. The maximum Gasteiger partial charge on any atom is 0.310 e. The molecule has 20 heavy (non-hydrogen) atoms. The van der Waals surface area contributed by atoms with Gasteiger partial charge in [-0.05, 0) is 26.7 Å². The Balaban J connectivity index is 1.77. The second-order valence-corrected chi connectivity index (χ2v) is 6.18. The van der Waals surface area contributed by atoms with Gasteiger partial charge in [-0.3, -0.25) is 9.59 Å². The molecule has 1 amide bonds. The summed E-state index contributed by atoms with van der Waals surface area (Å²) in [5.41, 5.74) is 0. The number of aliphatic carboxylic acids is 1. The van der Waals surface area contributed by atoms with Gasteiger partial charge in [0.05, 0.1) is 36.3 Å². The molecule has 3 aliphatic rings. The Morgan fingerprint density at radius 2 is 1.55 bits per heavy atom. The molecular formula is C14H21NO5. The van der Waals surface area contributed by atoms with Crippen molar-refractivity contribution in [1.29, 1.82) is 0 Å². The van der Waals surface area contributed by atoms with Crippen LogP contribution >= 0.6 is 0 Å². The van der Waals surface area contributed by atoms with Gasteiger partial charge in [-0.1, -0.05) is 0 Å². The van der Waals surface area contributed by atoms with Gasteiger partial charge in [-0.2, -0.15) is 0 Å². The Morgan fingerprint density at radius 1 is 1.00 bits per heavy atom. The SMILES string of the molecule is CC1CN(C(=O)C2C3CCC(O3)C2C(=O)O)CC(C)O1. The first-order chi connectivity index (χ1) is 9.47. The summed E-state index contributed by atoms with van der Waals surface area (Å²) in [4.78, 5) is 25.9. The van der Waals surface area contributed by atoms with E-state index in [1.807, 2.05) is 13.8 Å². The predicted octanol–water partition coefficient (Wildman–Crippen LogP) is 0.500. The zero-order chi connectivity index (χ0) is 14.4. The number of carboxylic acid groups (broad SMARTS) is 1. The highest BCUT2D eigenvalue weighted by atomic mass is 16.5. The smallest absolute Gasteiger partial charge is 0.310 e. The molecule has 112 valence electrons. The molecule has 2 bridgehead atoms. The Kier molecular flexibility index (Phi) is 3.46. The van der Waals surface area contributed by atoms with Crippen molar-refractivity contribution < 1.29 is 24.2 Å². The Morgan fingerprint density at radius 3 is 2.10 bits per heavy atom. The van der Waals surface area contributed by atoms with Gasteiger partial charge in [-0.25, -0.2) is 0 Å². The third-order valence-corrected chi connectivity index (χ3v) is 4.57. The fourth-order valence-corrected chi connectivity index (χ4v) is 3.87. The molecule has 6 unspecified atom stereocenters. The van der Waals surface area contributed by atoms with Crippen molar-refractivity contribution >= 4 is 11.9 Å². The average Bonchev–Trinajstić information content (AvgIpc) is 2.96. The van der Waals surface area contributed by atoms with Crippen molar-refractivity contribution in [1.82, 2.24) is 4.90 Å². The average molecular weight is 283 g/mol. The van der Waals surface area contributed by atoms with E-state index in [1.165, 1.54) is 0 Å². The summed E-state index contributed by atoms with van der Waals surface area (Å²) < 4.78 is 11.3. The van der Waals surface area contributed by atoms with E-state index in [-0.39, 0.29) is 30.3 Å². The summed E-state index contributed by atoms with van der Waals surface area (Å²) in [5, 5.41) is 9.38. The van der Waals surface area contributed by atoms with Crippen LogP contribution in [-0.4, -0.2) is 59.4 Å². The molecule has 0 spiro atoms. The molecule has 0 saturated carbocycles. The number of hydrogen-bond acceptors (Lipinski definition) is 4. The van der Waals surface area contributed by atoms with Crippen molar-refractivity contribution in [3.63, 3.8) is 0 Å². The Hall–Kier alpha value is -1.14. The van der Waals surface area contributed by atoms with Crippen LogP contribution in [0, 0.1) is 11.8 Å². The molecule has 3 aliphatic heterocycles. The van der Waals surface area contributed by atoms with Crippen molar-refractivity contribution in [3.8, 4) is 0 Å². The molecule has 0 aromatic carbocycles. The third-order valence-electron chi connectivity index (χ3n) is 4.57. The lowest BCUT2D eigenvalue weighted by atomic mass is 9.78. The van der Waals surface area contributed by atoms with Crippen molar-refractivity contribution in [2.24, 2.45) is 11.8 Å². The van der Waals surface area contributed by atoms with Gasteiger partial charge in [0.2, 0.25) is 5.91 Å². The van der Waals surface area contributed by atoms with Crippen molar-refractivity contribution in [2.75, 3.05) is 13.1 Å². The molecule has 3 heterocycles. The fraction of sp³-hybridized carbons (Fsp3) is 0.857. The molecule has 0 aromatic rings. The molecule has 3 rings (SSSR count). The van der Waals surface area contributed by atoms with Crippen LogP contribution in [0.25, 0.3) is 0 Å². The van der Waals surface area contributed by atoms with E-state index < -0.39 is 17.8 Å². The predicted molar refractivity (Wildman–Crippen MR) is 69.1 cm³/mol. The van der Waals surface area contributed by atoms with Gasteiger partial charge >= 0.3 is 5.97 Å². The molecule has 6 atom stereocenters. The first kappa shape index (κ1) is 13.8. The lowest BCUT2D eigenvalue weighted by Crippen LogP contribution is -2.53. The van der Waals surface area contributed by atoms with Crippen LogP contribution in [-0.2, 0) is 19.1 Å². The van der Waals surface area contributed by atoms with E-state index in [0.717, 1.165) is 12.8 Å². The minimum atomic E-state index is -0.912. The molecule has 0 radical (unpaired) electrons. The first-order valence-corrected chi connectivity index (χ1v) is 7.30. The number of carbonyl (C=O) groups is 2. The number of nitrogens with zero attached hydrogens (tertiary/aromatic N) is 1. The number of hydrogen-bond donors (Lipinski definition) is 1. The summed E-state index contributed by atoms with van der Waals surface area (Å²) in [7, 11) is 0. The highest BCUT2D eigenvalue weighted by molar-refractivity contribution is 5.86. The van der Waals surface area contributed by atoms with Crippen molar-refractivity contribution in [2.45, 2.75) is 51.1 Å². The quantitative estimate of drug-likeness (QED) is 0.798. The second-order valence-electron chi connectivity index (χ2n) is 6.18. The van der Waals surface area contributed by atoms with Gasteiger partial charge in [0.1, 0.15) is 0 Å². The van der Waals surface area contributed by atoms with Crippen LogP contribution in [0.2, 0.25) is 0 Å². The molecular weight excluding hydrogens is 262 g/mol. The Bertz CT molecular complexity index is 416. The van der Waals surface area contributed by atoms with Gasteiger partial charge in [0, 0.05) is 13.1 Å². The highest BCUT2D eigenvalue weighted by Gasteiger charge is 2.56. The number of carbonyl (C=O) groups excluding carboxylic acids is 1. The molecule has 6 nitrogen and oxygen atoms in total. The molecule has 0 aromatic heterocycles. The van der Waals surface area contributed by atoms with Crippen molar-refractivity contribution in [3.05, 3.63) is 0 Å². The van der Waals surface area contributed by atoms with Gasteiger partial charge in [-0.15, -0.1) is 0 Å². The summed E-state index contributed by atoms with van der Waals surface area (Å²) in [6.07, 6.45) is 1.02. The van der Waals surface area contributed by atoms with E-state index in [4.69, 9.17) is 9.47 Å². The standard InChI is InChI=1S/C14H21NO5/c1-7-5-15(6-8(2)19-7)13(16)11-9-3-4-10(20-9)12(11)14(17)18/h7-12H,3-6H2,1-2H3,(H,17,18). The van der Waals surface area contributed by atoms with Crippen LogP contribution in [0.4, 0.5) is 0 Å². The van der Waals surface area contributed by atoms with E-state index >= 15 is 0 Å². The zero-order valence-corrected chi connectivity index (χ0v) is 11.8. The summed E-state index contributed by atoms with van der Waals surface area (Å²) in [5.74, 6) is -2.20. The maximum atomic E-state index is 12.7. The van der Waals surface area contributed by atoms with E-state index in [0.29, 0.717) is 13.1 Å². The van der Waals surface area contributed by atoms with Crippen LogP contribution < -0.4 is 0 Å². The minimum absolute atomic E-state index is 0.00881. The number of ether oxygens (including phenoxy) is 2. The third kappa shape index (κ3) is 2.20. The van der Waals surface area contributed by atoms with Crippen LogP contribution in [0.5, 0.6) is 0 Å². The van der Waals surface area contributed by atoms with Crippen LogP contribution in [0.15, 0.2) is 0 Å². The fourth-order valence-electron chi connectivity index (χ4n) is 3.87. The van der Waals surface area contributed by atoms with E-state index in [2.05, 4.69) is 0 Å². The molecule has 1 N–H and O–H groups in total. The monoisotopic (exact) mass is 283 g/mol. The minimum Gasteiger partial charge on any atom is -0.481 e. The van der Waals surface area contributed by atoms with Gasteiger partial charge in [0.25, 0.3) is 0 Å². The lowest BCUT2D eigenvalue weighted by Gasteiger charge is -2.38. The summed E-state index contributed by atoms with van der Waals surface area (Å²) >= 11 is 0. The topological polar surface area (TPSA) is 76.1 Å². The van der Waals surface area contributed by atoms with Crippen LogP contribution in [0.3, 0.4) is 0 Å². The largest absolute Gasteiger partial charge is 0.481 e. The number of morpholine rings is 1. The van der Waals surface area contributed by atoms with Crippen LogP contribution in [0.1, 0.15) is 26.7 Å². The number of amides is 1. The molecule has 0 aliphatic carbocycles. The lowest BCUT2D eigenvalue weighted by molar-refractivity contribution is -0.156. The zero-order valence-electron chi connectivity index (χ0n) is 11.8. The first-order valence-electron chi connectivity index (χ1n) is 7.30. The summed E-state index contributed by atoms with van der Waals surface area (Å²) in [6.45, 7) is 4.93. The molecule has 3 fully saturated rings. The number of carboxylic acids is 1. The van der Waals surface area contributed by atoms with E-state index in [9.17, 15) is 14.7 Å². The van der Waals surface area contributed by atoms with Gasteiger partial charge in [0.15, 0.2) is 0 Å². The second kappa shape index (κ2) is 5.00. The van der Waals surface area contributed by atoms with Gasteiger partial charge < -0.3 is 19.5 Å². The highest BCUT2D eigenvalue weighted by Crippen LogP contribution is 2.44. The normalized spacial score (nSPS) is 43.8. The number of rotatable bonds is 2. The molecule has 3 saturated heterocycles. The maximum absolute atomic E-state index is 12.7. The van der Waals surface area contributed by atoms with E-state index in [1.54, 1.807) is 4.90 Å².